The van der Waals surface area contributed by atoms with E-state index in [1.54, 1.807) is 0 Å². The van der Waals surface area contributed by atoms with Crippen molar-refractivity contribution in [2.75, 3.05) is 26.2 Å². The highest BCUT2D eigenvalue weighted by molar-refractivity contribution is 4.70. The molecule has 1 aliphatic heterocycles. The van der Waals surface area contributed by atoms with Gasteiger partial charge in [-0.05, 0) is 12.8 Å². The quantitative estimate of drug-likeness (QED) is 0.538. The Bertz CT molecular complexity index is 99.9. The maximum atomic E-state index is 9.17. The van der Waals surface area contributed by atoms with E-state index in [2.05, 4.69) is 9.74 Å². The molecule has 4 heteroatoms. The van der Waals surface area contributed by atoms with E-state index in [1.807, 2.05) is 0 Å². The Labute approximate surface area is 66.9 Å². The maximum Gasteiger partial charge on any atom is 0.0806 e. The molecule has 11 heavy (non-hydrogen) atoms. The van der Waals surface area contributed by atoms with Crippen LogP contribution in [-0.2, 0) is 4.84 Å². The van der Waals surface area contributed by atoms with Crippen LogP contribution in [-0.4, -0.2) is 42.4 Å². The summed E-state index contributed by atoms with van der Waals surface area (Å²) >= 11 is 0. The molecule has 1 heterocycles. The van der Waals surface area contributed by atoms with Crippen molar-refractivity contribution in [3.8, 4) is 0 Å². The van der Waals surface area contributed by atoms with Gasteiger partial charge in [-0.25, -0.2) is 5.90 Å². The number of piperidine rings is 1. The summed E-state index contributed by atoms with van der Waals surface area (Å²) in [4.78, 5) is 6.72. The zero-order valence-corrected chi connectivity index (χ0v) is 6.70. The molecule has 1 aliphatic rings. The number of nitrogens with zero attached hydrogens (tertiary/aromatic N) is 1. The Kier molecular flexibility index (Phi) is 3.79. The summed E-state index contributed by atoms with van der Waals surface area (Å²) < 4.78 is 0. The van der Waals surface area contributed by atoms with Crippen LogP contribution < -0.4 is 5.90 Å². The lowest BCUT2D eigenvalue weighted by atomic mass is 10.1. The van der Waals surface area contributed by atoms with Crippen LogP contribution >= 0.6 is 0 Å². The van der Waals surface area contributed by atoms with Crippen molar-refractivity contribution in [2.45, 2.75) is 18.9 Å². The summed E-state index contributed by atoms with van der Waals surface area (Å²) in [6.07, 6.45) is 1.67. The highest BCUT2D eigenvalue weighted by Gasteiger charge is 2.15. The number of aliphatic hydroxyl groups is 1. The molecule has 0 spiro atoms. The SMILES string of the molecule is NOCCN1CCC(O)CC1. The number of likely N-dealkylation sites (tertiary alicyclic amines) is 1. The van der Waals surface area contributed by atoms with Crippen LogP contribution in [0.5, 0.6) is 0 Å². The summed E-state index contributed by atoms with van der Waals surface area (Å²) in [6, 6.07) is 0. The fourth-order valence-corrected chi connectivity index (χ4v) is 1.32. The number of hydrogen-bond donors (Lipinski definition) is 2. The molecule has 0 amide bonds. The first-order chi connectivity index (χ1) is 5.33. The molecular formula is C7H16N2O2. The number of aliphatic hydroxyl groups excluding tert-OH is 1. The number of hydrogen-bond acceptors (Lipinski definition) is 4. The van der Waals surface area contributed by atoms with Crippen LogP contribution in [0.25, 0.3) is 0 Å². The number of rotatable bonds is 3. The predicted octanol–water partition coefficient (Wildman–Crippen LogP) is -0.667. The van der Waals surface area contributed by atoms with Crippen molar-refractivity contribution in [1.82, 2.24) is 4.90 Å². The molecule has 0 aromatic heterocycles. The van der Waals surface area contributed by atoms with Gasteiger partial charge >= 0.3 is 0 Å². The van der Waals surface area contributed by atoms with Crippen LogP contribution in [0.3, 0.4) is 0 Å². The van der Waals surface area contributed by atoms with Crippen LogP contribution in [0.4, 0.5) is 0 Å². The van der Waals surface area contributed by atoms with E-state index in [9.17, 15) is 0 Å². The third-order valence-corrected chi connectivity index (χ3v) is 2.08. The van der Waals surface area contributed by atoms with Crippen molar-refractivity contribution >= 4 is 0 Å². The molecule has 4 nitrogen and oxygen atoms in total. The van der Waals surface area contributed by atoms with E-state index in [0.29, 0.717) is 6.61 Å². The van der Waals surface area contributed by atoms with Crippen molar-refractivity contribution in [3.63, 3.8) is 0 Å². The summed E-state index contributed by atoms with van der Waals surface area (Å²) in [5.74, 6) is 4.90. The Hall–Kier alpha value is -0.160. The average Bonchev–Trinajstić information content (AvgIpc) is 2.04. The molecular weight excluding hydrogens is 144 g/mol. The predicted molar refractivity (Wildman–Crippen MR) is 41.8 cm³/mol. The molecule has 1 saturated heterocycles. The summed E-state index contributed by atoms with van der Waals surface area (Å²) in [5, 5.41) is 9.17. The van der Waals surface area contributed by atoms with E-state index in [0.717, 1.165) is 32.5 Å². The monoisotopic (exact) mass is 160 g/mol. The minimum absolute atomic E-state index is 0.0926. The second-order valence-electron chi connectivity index (χ2n) is 2.94. The molecule has 0 aromatic rings. The average molecular weight is 160 g/mol. The molecule has 0 aromatic carbocycles. The largest absolute Gasteiger partial charge is 0.393 e. The highest BCUT2D eigenvalue weighted by atomic mass is 16.6. The molecule has 0 unspecified atom stereocenters. The normalized spacial score (nSPS) is 22.4. The van der Waals surface area contributed by atoms with Gasteiger partial charge < -0.3 is 14.8 Å². The topological polar surface area (TPSA) is 58.7 Å². The fourth-order valence-electron chi connectivity index (χ4n) is 1.32. The molecule has 0 radical (unpaired) electrons. The molecule has 0 saturated carbocycles. The first-order valence-electron chi connectivity index (χ1n) is 4.05. The second-order valence-corrected chi connectivity index (χ2v) is 2.94. The van der Waals surface area contributed by atoms with Crippen LogP contribution in [0, 0.1) is 0 Å². The number of nitrogens with two attached hydrogens (primary N) is 1. The lowest BCUT2D eigenvalue weighted by Gasteiger charge is -2.28. The lowest BCUT2D eigenvalue weighted by molar-refractivity contribution is 0.0559. The standard InChI is InChI=1S/C7H16N2O2/c8-11-6-5-9-3-1-7(10)2-4-9/h7,10H,1-6,8H2. The van der Waals surface area contributed by atoms with Gasteiger partial charge in [0, 0.05) is 19.6 Å². The van der Waals surface area contributed by atoms with Crippen molar-refractivity contribution in [1.29, 1.82) is 0 Å². The first-order valence-corrected chi connectivity index (χ1v) is 4.05. The highest BCUT2D eigenvalue weighted by Crippen LogP contribution is 2.08. The Morgan fingerprint density at radius 1 is 1.45 bits per heavy atom. The molecule has 0 aliphatic carbocycles. The molecule has 0 atom stereocenters. The molecule has 1 rings (SSSR count). The second kappa shape index (κ2) is 4.66. The van der Waals surface area contributed by atoms with Gasteiger partial charge in [-0.2, -0.15) is 0 Å². The third-order valence-electron chi connectivity index (χ3n) is 2.08. The van der Waals surface area contributed by atoms with Gasteiger partial charge in [0.1, 0.15) is 0 Å². The summed E-state index contributed by atoms with van der Waals surface area (Å²) in [7, 11) is 0. The van der Waals surface area contributed by atoms with Gasteiger partial charge in [0.15, 0.2) is 0 Å². The fraction of sp³-hybridized carbons (Fsp3) is 1.00. The molecule has 66 valence electrons. The van der Waals surface area contributed by atoms with E-state index < -0.39 is 0 Å². The maximum absolute atomic E-state index is 9.17. The van der Waals surface area contributed by atoms with Gasteiger partial charge in [0.25, 0.3) is 0 Å². The van der Waals surface area contributed by atoms with Crippen molar-refractivity contribution in [2.24, 2.45) is 5.90 Å². The lowest BCUT2D eigenvalue weighted by Crippen LogP contribution is -2.38. The Morgan fingerprint density at radius 2 is 2.09 bits per heavy atom. The molecule has 0 bridgehead atoms. The minimum Gasteiger partial charge on any atom is -0.393 e. The van der Waals surface area contributed by atoms with E-state index in [4.69, 9.17) is 11.0 Å². The van der Waals surface area contributed by atoms with Gasteiger partial charge in [-0.15, -0.1) is 0 Å². The zero-order valence-electron chi connectivity index (χ0n) is 6.70. The van der Waals surface area contributed by atoms with Gasteiger partial charge in [0.05, 0.1) is 12.7 Å². The van der Waals surface area contributed by atoms with Crippen LogP contribution in [0.15, 0.2) is 0 Å². The summed E-state index contributed by atoms with van der Waals surface area (Å²) in [6.45, 7) is 3.38. The molecule has 1 fully saturated rings. The van der Waals surface area contributed by atoms with Gasteiger partial charge in [-0.1, -0.05) is 0 Å². The smallest absolute Gasteiger partial charge is 0.0806 e. The van der Waals surface area contributed by atoms with E-state index in [-0.39, 0.29) is 6.10 Å². The van der Waals surface area contributed by atoms with Crippen molar-refractivity contribution < 1.29 is 9.94 Å². The van der Waals surface area contributed by atoms with E-state index in [1.165, 1.54) is 0 Å². The Morgan fingerprint density at radius 3 is 2.64 bits per heavy atom. The minimum atomic E-state index is -0.0926. The third kappa shape index (κ3) is 3.16. The zero-order chi connectivity index (χ0) is 8.10. The summed E-state index contributed by atoms with van der Waals surface area (Å²) in [5.41, 5.74) is 0. The first kappa shape index (κ1) is 8.93. The van der Waals surface area contributed by atoms with Gasteiger partial charge in [0.2, 0.25) is 0 Å². The molecule has 3 N–H and O–H groups in total. The Balaban J connectivity index is 2.07. The van der Waals surface area contributed by atoms with E-state index >= 15 is 0 Å². The van der Waals surface area contributed by atoms with Crippen LogP contribution in [0.2, 0.25) is 0 Å². The van der Waals surface area contributed by atoms with Gasteiger partial charge in [-0.3, -0.25) is 0 Å². The van der Waals surface area contributed by atoms with Crippen LogP contribution in [0.1, 0.15) is 12.8 Å². The van der Waals surface area contributed by atoms with Crippen molar-refractivity contribution in [3.05, 3.63) is 0 Å².